The Morgan fingerprint density at radius 3 is 2.58 bits per heavy atom. The van der Waals surface area contributed by atoms with Crippen molar-refractivity contribution in [2.45, 2.75) is 38.8 Å². The Kier molecular flexibility index (Phi) is 5.59. The van der Waals surface area contributed by atoms with E-state index < -0.39 is 0 Å². The quantitative estimate of drug-likeness (QED) is 0.920. The highest BCUT2D eigenvalue weighted by Gasteiger charge is 2.21. The Morgan fingerprint density at radius 1 is 1.17 bits per heavy atom. The topological polar surface area (TPSA) is 45.2 Å². The van der Waals surface area contributed by atoms with E-state index in [-0.39, 0.29) is 11.9 Å². The second-order valence-corrected chi connectivity index (χ2v) is 6.39. The second-order valence-electron chi connectivity index (χ2n) is 6.39. The maximum Gasteiger partial charge on any atom is 0.251 e. The van der Waals surface area contributed by atoms with Crippen molar-refractivity contribution in [1.29, 1.82) is 0 Å². The summed E-state index contributed by atoms with van der Waals surface area (Å²) >= 11 is 0. The van der Waals surface area contributed by atoms with Crippen molar-refractivity contribution in [3.63, 3.8) is 0 Å². The highest BCUT2D eigenvalue weighted by atomic mass is 16.1. The average molecular weight is 323 g/mol. The van der Waals surface area contributed by atoms with Crippen LogP contribution in [-0.2, 0) is 13.0 Å². The summed E-state index contributed by atoms with van der Waals surface area (Å²) in [4.78, 5) is 19.0. The van der Waals surface area contributed by atoms with E-state index in [1.54, 1.807) is 0 Å². The number of rotatable bonds is 5. The summed E-state index contributed by atoms with van der Waals surface area (Å²) in [5, 5.41) is 3.22. The van der Waals surface area contributed by atoms with E-state index >= 15 is 0 Å². The van der Waals surface area contributed by atoms with Crippen LogP contribution in [0.15, 0.2) is 48.8 Å². The lowest BCUT2D eigenvalue weighted by molar-refractivity contribution is 0.0908. The largest absolute Gasteiger partial charge is 0.349 e. The highest BCUT2D eigenvalue weighted by molar-refractivity contribution is 5.95. The van der Waals surface area contributed by atoms with Crippen LogP contribution in [0.3, 0.4) is 0 Å². The molecule has 1 amide bonds. The van der Waals surface area contributed by atoms with Gasteiger partial charge in [-0.05, 0) is 48.6 Å². The number of piperidine rings is 1. The lowest BCUT2D eigenvalue weighted by atomic mass is 10.0. The molecule has 0 aliphatic carbocycles. The normalized spacial score (nSPS) is 16.0. The van der Waals surface area contributed by atoms with E-state index in [1.807, 2.05) is 36.7 Å². The van der Waals surface area contributed by atoms with E-state index in [0.29, 0.717) is 0 Å². The lowest BCUT2D eigenvalue weighted by Gasteiger charge is -2.32. The molecule has 0 radical (unpaired) electrons. The highest BCUT2D eigenvalue weighted by Crippen LogP contribution is 2.15. The number of pyridine rings is 1. The minimum Gasteiger partial charge on any atom is -0.349 e. The summed E-state index contributed by atoms with van der Waals surface area (Å²) in [5.74, 6) is 0.0695. The van der Waals surface area contributed by atoms with Crippen molar-refractivity contribution in [2.75, 3.05) is 13.1 Å². The van der Waals surface area contributed by atoms with Crippen LogP contribution in [0.2, 0.25) is 0 Å². The van der Waals surface area contributed by atoms with Crippen molar-refractivity contribution < 1.29 is 4.79 Å². The van der Waals surface area contributed by atoms with Gasteiger partial charge in [0.1, 0.15) is 0 Å². The zero-order valence-corrected chi connectivity index (χ0v) is 14.2. The van der Waals surface area contributed by atoms with Gasteiger partial charge >= 0.3 is 0 Å². The van der Waals surface area contributed by atoms with Crippen molar-refractivity contribution in [2.24, 2.45) is 0 Å². The number of nitrogens with one attached hydrogen (secondary N) is 1. The van der Waals surface area contributed by atoms with Crippen LogP contribution in [0.25, 0.3) is 0 Å². The van der Waals surface area contributed by atoms with Crippen LogP contribution < -0.4 is 5.32 Å². The maximum atomic E-state index is 12.5. The standard InChI is InChI=1S/C20H25N3O/c1-2-17-5-3-4-6-19(17)20(24)22-18-9-13-23(14-10-18)15-16-7-11-21-12-8-16/h3-8,11-12,18H,2,9-10,13-15H2,1H3,(H,22,24). The van der Waals surface area contributed by atoms with E-state index in [4.69, 9.17) is 0 Å². The second kappa shape index (κ2) is 8.06. The van der Waals surface area contributed by atoms with Crippen LogP contribution in [-0.4, -0.2) is 34.9 Å². The number of likely N-dealkylation sites (tertiary alicyclic amines) is 1. The third kappa shape index (κ3) is 4.20. The van der Waals surface area contributed by atoms with Crippen LogP contribution >= 0.6 is 0 Å². The van der Waals surface area contributed by atoms with Crippen molar-refractivity contribution in [1.82, 2.24) is 15.2 Å². The summed E-state index contributed by atoms with van der Waals surface area (Å²) in [7, 11) is 0. The summed E-state index contributed by atoms with van der Waals surface area (Å²) in [6.45, 7) is 5.08. The Hall–Kier alpha value is -2.20. The molecule has 2 heterocycles. The molecule has 126 valence electrons. The molecule has 0 unspecified atom stereocenters. The lowest BCUT2D eigenvalue weighted by Crippen LogP contribution is -2.44. The number of benzene rings is 1. The van der Waals surface area contributed by atoms with Gasteiger partial charge in [-0.25, -0.2) is 0 Å². The van der Waals surface area contributed by atoms with Gasteiger partial charge < -0.3 is 5.32 Å². The number of carbonyl (C=O) groups is 1. The van der Waals surface area contributed by atoms with Gasteiger partial charge in [-0.2, -0.15) is 0 Å². The first-order chi connectivity index (χ1) is 11.8. The fraction of sp³-hybridized carbons (Fsp3) is 0.400. The molecule has 2 aromatic rings. The zero-order valence-electron chi connectivity index (χ0n) is 14.2. The third-order valence-electron chi connectivity index (χ3n) is 4.72. The SMILES string of the molecule is CCc1ccccc1C(=O)NC1CCN(Cc2ccncc2)CC1. The third-order valence-corrected chi connectivity index (χ3v) is 4.72. The maximum absolute atomic E-state index is 12.5. The summed E-state index contributed by atoms with van der Waals surface area (Å²) in [5.41, 5.74) is 3.23. The molecule has 0 bridgehead atoms. The van der Waals surface area contributed by atoms with E-state index in [0.717, 1.165) is 50.0 Å². The first-order valence-electron chi connectivity index (χ1n) is 8.76. The Morgan fingerprint density at radius 2 is 1.88 bits per heavy atom. The summed E-state index contributed by atoms with van der Waals surface area (Å²) < 4.78 is 0. The molecule has 4 nitrogen and oxygen atoms in total. The number of carbonyl (C=O) groups excluding carboxylic acids is 1. The number of aryl methyl sites for hydroxylation is 1. The molecular formula is C20H25N3O. The minimum absolute atomic E-state index is 0.0695. The van der Waals surface area contributed by atoms with Crippen molar-refractivity contribution in [3.8, 4) is 0 Å². The molecule has 0 saturated carbocycles. The van der Waals surface area contributed by atoms with Crippen molar-refractivity contribution in [3.05, 3.63) is 65.5 Å². The summed E-state index contributed by atoms with van der Waals surface area (Å²) in [6.07, 6.45) is 6.57. The number of amides is 1. The minimum atomic E-state index is 0.0695. The van der Waals surface area contributed by atoms with Crippen LogP contribution in [0.4, 0.5) is 0 Å². The number of hydrogen-bond donors (Lipinski definition) is 1. The van der Waals surface area contributed by atoms with Gasteiger partial charge in [-0.3, -0.25) is 14.7 Å². The molecule has 0 atom stereocenters. The van der Waals surface area contributed by atoms with E-state index in [9.17, 15) is 4.79 Å². The van der Waals surface area contributed by atoms with Crippen LogP contribution in [0, 0.1) is 0 Å². The zero-order chi connectivity index (χ0) is 16.8. The molecule has 1 aliphatic rings. The van der Waals surface area contributed by atoms with Gasteiger partial charge in [0.05, 0.1) is 0 Å². The van der Waals surface area contributed by atoms with Gasteiger partial charge in [0.15, 0.2) is 0 Å². The molecule has 1 aromatic heterocycles. The Balaban J connectivity index is 1.51. The molecule has 1 N–H and O–H groups in total. The van der Waals surface area contributed by atoms with E-state index in [2.05, 4.69) is 34.3 Å². The first-order valence-corrected chi connectivity index (χ1v) is 8.76. The molecular weight excluding hydrogens is 298 g/mol. The first kappa shape index (κ1) is 16.7. The summed E-state index contributed by atoms with van der Waals surface area (Å²) in [6, 6.07) is 12.3. The predicted molar refractivity (Wildman–Crippen MR) is 95.8 cm³/mol. The molecule has 3 rings (SSSR count). The molecule has 24 heavy (non-hydrogen) atoms. The molecule has 1 fully saturated rings. The average Bonchev–Trinajstić information content (AvgIpc) is 2.64. The monoisotopic (exact) mass is 323 g/mol. The number of nitrogens with zero attached hydrogens (tertiary/aromatic N) is 2. The fourth-order valence-electron chi connectivity index (χ4n) is 3.30. The van der Waals surface area contributed by atoms with Crippen LogP contribution in [0.5, 0.6) is 0 Å². The number of aromatic nitrogens is 1. The van der Waals surface area contributed by atoms with Gasteiger partial charge in [0.2, 0.25) is 0 Å². The van der Waals surface area contributed by atoms with E-state index in [1.165, 1.54) is 5.56 Å². The van der Waals surface area contributed by atoms with Gasteiger partial charge in [0.25, 0.3) is 5.91 Å². The molecule has 1 aliphatic heterocycles. The Bertz CT molecular complexity index is 664. The van der Waals surface area contributed by atoms with Gasteiger partial charge in [0, 0.05) is 43.6 Å². The Labute approximate surface area is 143 Å². The molecule has 0 spiro atoms. The number of hydrogen-bond acceptors (Lipinski definition) is 3. The molecule has 1 saturated heterocycles. The molecule has 1 aromatic carbocycles. The van der Waals surface area contributed by atoms with Gasteiger partial charge in [-0.15, -0.1) is 0 Å². The van der Waals surface area contributed by atoms with Crippen molar-refractivity contribution >= 4 is 5.91 Å². The molecule has 4 heteroatoms. The van der Waals surface area contributed by atoms with Crippen LogP contribution in [0.1, 0.15) is 41.3 Å². The van der Waals surface area contributed by atoms with Gasteiger partial charge in [-0.1, -0.05) is 25.1 Å². The smallest absolute Gasteiger partial charge is 0.251 e. The fourth-order valence-corrected chi connectivity index (χ4v) is 3.30. The predicted octanol–water partition coefficient (Wildman–Crippen LogP) is 3.04.